The standard InChI is InChI=1S/C14H11BrIN3/c15-11-4-2-1-3-9(11)8-19-13-6-5-10(16)7-12(13)18-14(19)17/h1-7H,8H2,(H2,17,18). The zero-order valence-corrected chi connectivity index (χ0v) is 13.7. The lowest BCUT2D eigenvalue weighted by Crippen LogP contribution is -2.04. The van der Waals surface area contributed by atoms with E-state index < -0.39 is 0 Å². The maximum atomic E-state index is 6.04. The molecule has 0 fully saturated rings. The van der Waals surface area contributed by atoms with E-state index in [1.165, 1.54) is 5.56 Å². The van der Waals surface area contributed by atoms with E-state index in [9.17, 15) is 0 Å². The summed E-state index contributed by atoms with van der Waals surface area (Å²) in [5.41, 5.74) is 9.23. The molecule has 0 radical (unpaired) electrons. The van der Waals surface area contributed by atoms with Crippen molar-refractivity contribution in [2.24, 2.45) is 0 Å². The van der Waals surface area contributed by atoms with Crippen molar-refractivity contribution in [3.8, 4) is 0 Å². The average Bonchev–Trinajstić information content (AvgIpc) is 2.68. The van der Waals surface area contributed by atoms with Crippen LogP contribution in [0, 0.1) is 3.57 Å². The molecule has 0 aliphatic rings. The summed E-state index contributed by atoms with van der Waals surface area (Å²) in [6.07, 6.45) is 0. The lowest BCUT2D eigenvalue weighted by molar-refractivity contribution is 0.835. The molecule has 96 valence electrons. The number of imidazole rings is 1. The molecule has 0 amide bonds. The molecule has 3 nitrogen and oxygen atoms in total. The van der Waals surface area contributed by atoms with Crippen LogP contribution >= 0.6 is 38.5 Å². The van der Waals surface area contributed by atoms with Crippen LogP contribution in [0.5, 0.6) is 0 Å². The Hall–Kier alpha value is -1.08. The number of aromatic nitrogens is 2. The number of rotatable bonds is 2. The van der Waals surface area contributed by atoms with Crippen LogP contribution in [0.15, 0.2) is 46.9 Å². The molecular weight excluding hydrogens is 417 g/mol. The van der Waals surface area contributed by atoms with Crippen molar-refractivity contribution in [3.05, 3.63) is 56.1 Å². The molecule has 0 saturated carbocycles. The molecule has 0 atom stereocenters. The van der Waals surface area contributed by atoms with E-state index in [1.807, 2.05) is 28.8 Å². The maximum absolute atomic E-state index is 6.04. The minimum Gasteiger partial charge on any atom is -0.369 e. The van der Waals surface area contributed by atoms with Crippen molar-refractivity contribution in [3.63, 3.8) is 0 Å². The Bertz CT molecular complexity index is 752. The average molecular weight is 428 g/mol. The van der Waals surface area contributed by atoms with Gasteiger partial charge in [0.1, 0.15) is 0 Å². The van der Waals surface area contributed by atoms with Gasteiger partial charge in [0.25, 0.3) is 0 Å². The Labute approximate surface area is 133 Å². The van der Waals surface area contributed by atoms with Gasteiger partial charge in [-0.3, -0.25) is 0 Å². The van der Waals surface area contributed by atoms with E-state index in [0.29, 0.717) is 12.5 Å². The second-order valence-corrected chi connectivity index (χ2v) is 6.38. The zero-order valence-electron chi connectivity index (χ0n) is 9.98. The summed E-state index contributed by atoms with van der Waals surface area (Å²) in [4.78, 5) is 4.42. The molecule has 0 aliphatic carbocycles. The predicted molar refractivity (Wildman–Crippen MR) is 90.1 cm³/mol. The Morgan fingerprint density at radius 3 is 2.79 bits per heavy atom. The van der Waals surface area contributed by atoms with Crippen LogP contribution in [0.1, 0.15) is 5.56 Å². The maximum Gasteiger partial charge on any atom is 0.201 e. The molecule has 3 rings (SSSR count). The molecule has 0 bridgehead atoms. The highest BCUT2D eigenvalue weighted by Gasteiger charge is 2.10. The Kier molecular flexibility index (Phi) is 3.49. The number of nitrogens with zero attached hydrogens (tertiary/aromatic N) is 2. The summed E-state index contributed by atoms with van der Waals surface area (Å²) in [7, 11) is 0. The van der Waals surface area contributed by atoms with Crippen molar-refractivity contribution in [2.75, 3.05) is 5.73 Å². The monoisotopic (exact) mass is 427 g/mol. The highest BCUT2D eigenvalue weighted by molar-refractivity contribution is 14.1. The highest BCUT2D eigenvalue weighted by atomic mass is 127. The quantitative estimate of drug-likeness (QED) is 0.627. The first-order valence-electron chi connectivity index (χ1n) is 5.80. The van der Waals surface area contributed by atoms with Crippen molar-refractivity contribution in [2.45, 2.75) is 6.54 Å². The van der Waals surface area contributed by atoms with E-state index in [-0.39, 0.29) is 0 Å². The van der Waals surface area contributed by atoms with Gasteiger partial charge in [-0.15, -0.1) is 0 Å². The van der Waals surface area contributed by atoms with Crippen LogP contribution in [-0.4, -0.2) is 9.55 Å². The lowest BCUT2D eigenvalue weighted by atomic mass is 10.2. The smallest absolute Gasteiger partial charge is 0.201 e. The van der Waals surface area contributed by atoms with Gasteiger partial charge >= 0.3 is 0 Å². The van der Waals surface area contributed by atoms with Gasteiger partial charge < -0.3 is 10.3 Å². The number of hydrogen-bond acceptors (Lipinski definition) is 2. The number of benzene rings is 2. The van der Waals surface area contributed by atoms with Crippen LogP contribution in [0.2, 0.25) is 0 Å². The van der Waals surface area contributed by atoms with Crippen molar-refractivity contribution in [1.29, 1.82) is 0 Å². The van der Waals surface area contributed by atoms with Gasteiger partial charge in [0.2, 0.25) is 5.95 Å². The topological polar surface area (TPSA) is 43.8 Å². The second-order valence-electron chi connectivity index (χ2n) is 4.28. The summed E-state index contributed by atoms with van der Waals surface area (Å²) < 4.78 is 4.28. The Morgan fingerprint density at radius 2 is 2.00 bits per heavy atom. The summed E-state index contributed by atoms with van der Waals surface area (Å²) in [6, 6.07) is 14.3. The van der Waals surface area contributed by atoms with Gasteiger partial charge in [-0.05, 0) is 52.4 Å². The van der Waals surface area contributed by atoms with Crippen LogP contribution < -0.4 is 5.73 Å². The number of halogens is 2. The molecule has 3 aromatic rings. The molecule has 2 aromatic carbocycles. The van der Waals surface area contributed by atoms with Crippen LogP contribution in [0.25, 0.3) is 11.0 Å². The molecule has 0 spiro atoms. The molecule has 5 heteroatoms. The Balaban J connectivity index is 2.10. The SMILES string of the molecule is Nc1nc2cc(I)ccc2n1Cc1ccccc1Br. The predicted octanol–water partition coefficient (Wildman–Crippen LogP) is 4.03. The van der Waals surface area contributed by atoms with Gasteiger partial charge in [-0.2, -0.15) is 0 Å². The molecule has 1 aromatic heterocycles. The number of hydrogen-bond donors (Lipinski definition) is 1. The van der Waals surface area contributed by atoms with E-state index in [2.05, 4.69) is 61.7 Å². The Morgan fingerprint density at radius 1 is 1.21 bits per heavy atom. The highest BCUT2D eigenvalue weighted by Crippen LogP contribution is 2.24. The molecule has 2 N–H and O–H groups in total. The van der Waals surface area contributed by atoms with Gasteiger partial charge in [0.05, 0.1) is 17.6 Å². The fourth-order valence-electron chi connectivity index (χ4n) is 2.08. The third-order valence-electron chi connectivity index (χ3n) is 3.03. The largest absolute Gasteiger partial charge is 0.369 e. The number of nitrogen functional groups attached to an aromatic ring is 1. The fourth-order valence-corrected chi connectivity index (χ4v) is 2.97. The van der Waals surface area contributed by atoms with Crippen LogP contribution in [0.4, 0.5) is 5.95 Å². The molecular formula is C14H11BrIN3. The lowest BCUT2D eigenvalue weighted by Gasteiger charge is -2.08. The third-order valence-corrected chi connectivity index (χ3v) is 4.47. The van der Waals surface area contributed by atoms with Crippen LogP contribution in [-0.2, 0) is 6.54 Å². The molecule has 19 heavy (non-hydrogen) atoms. The van der Waals surface area contributed by atoms with Crippen molar-refractivity contribution in [1.82, 2.24) is 9.55 Å². The van der Waals surface area contributed by atoms with Gasteiger partial charge in [-0.1, -0.05) is 34.1 Å². The molecule has 1 heterocycles. The van der Waals surface area contributed by atoms with Crippen molar-refractivity contribution < 1.29 is 0 Å². The number of anilines is 1. The molecule has 0 aliphatic heterocycles. The normalized spacial score (nSPS) is 11.1. The van der Waals surface area contributed by atoms with E-state index in [1.54, 1.807) is 0 Å². The van der Waals surface area contributed by atoms with Gasteiger partial charge in [-0.25, -0.2) is 4.98 Å². The minimum atomic E-state index is 0.549. The molecule has 0 unspecified atom stereocenters. The van der Waals surface area contributed by atoms with Crippen molar-refractivity contribution >= 4 is 55.5 Å². The zero-order chi connectivity index (χ0) is 13.4. The first-order valence-corrected chi connectivity index (χ1v) is 7.67. The number of fused-ring (bicyclic) bond motifs is 1. The minimum absolute atomic E-state index is 0.549. The van der Waals surface area contributed by atoms with Crippen LogP contribution in [0.3, 0.4) is 0 Å². The summed E-state index contributed by atoms with van der Waals surface area (Å²) >= 11 is 5.85. The van der Waals surface area contributed by atoms with Gasteiger partial charge in [0, 0.05) is 8.04 Å². The van der Waals surface area contributed by atoms with E-state index in [0.717, 1.165) is 19.1 Å². The fraction of sp³-hybridized carbons (Fsp3) is 0.0714. The number of nitrogens with two attached hydrogens (primary N) is 1. The third kappa shape index (κ3) is 2.49. The van der Waals surface area contributed by atoms with E-state index >= 15 is 0 Å². The van der Waals surface area contributed by atoms with Gasteiger partial charge in [0.15, 0.2) is 0 Å². The first-order chi connectivity index (χ1) is 9.15. The first kappa shape index (κ1) is 12.9. The second kappa shape index (κ2) is 5.13. The molecule has 0 saturated heterocycles. The van der Waals surface area contributed by atoms with E-state index in [4.69, 9.17) is 5.73 Å². The summed E-state index contributed by atoms with van der Waals surface area (Å²) in [5.74, 6) is 0.549. The summed E-state index contributed by atoms with van der Waals surface area (Å²) in [5, 5.41) is 0. The summed E-state index contributed by atoms with van der Waals surface area (Å²) in [6.45, 7) is 0.713.